The second kappa shape index (κ2) is 8.36. The maximum Gasteiger partial charge on any atom is 0.262 e. The average Bonchev–Trinajstić information content (AvgIpc) is 2.98. The first-order valence-electron chi connectivity index (χ1n) is 9.00. The predicted octanol–water partition coefficient (Wildman–Crippen LogP) is 3.70. The van der Waals surface area contributed by atoms with Gasteiger partial charge in [-0.25, -0.2) is 0 Å². The fourth-order valence-electron chi connectivity index (χ4n) is 3.16. The monoisotopic (exact) mass is 372 g/mol. The fourth-order valence-corrected chi connectivity index (χ4v) is 4.46. The standard InChI is InChI=1S/C20H24N2O3S/c1-3-21-19(24)18-15-9-4-5-10-16(15)26-20(18)22-17(23)12-25-14-8-6-7-13(2)11-14/h6-8,11H,3-5,9-10,12H2,1-2H3,(H,21,24)(H,22,23). The number of carbonyl (C=O) groups excluding carboxylic acids is 2. The minimum absolute atomic E-state index is 0.0825. The Hall–Kier alpha value is -2.34. The van der Waals surface area contributed by atoms with Gasteiger partial charge in [0.2, 0.25) is 0 Å². The molecular weight excluding hydrogens is 348 g/mol. The summed E-state index contributed by atoms with van der Waals surface area (Å²) < 4.78 is 5.56. The van der Waals surface area contributed by atoms with Crippen LogP contribution in [0.5, 0.6) is 5.75 Å². The van der Waals surface area contributed by atoms with Crippen LogP contribution in [-0.2, 0) is 17.6 Å². The van der Waals surface area contributed by atoms with Gasteiger partial charge in [-0.05, 0) is 62.8 Å². The molecule has 1 aromatic carbocycles. The molecule has 1 heterocycles. The van der Waals surface area contributed by atoms with E-state index in [0.717, 1.165) is 36.8 Å². The molecule has 6 heteroatoms. The number of hydrogen-bond donors (Lipinski definition) is 2. The average molecular weight is 372 g/mol. The maximum absolute atomic E-state index is 12.5. The Morgan fingerprint density at radius 2 is 2.04 bits per heavy atom. The molecule has 3 rings (SSSR count). The molecule has 2 N–H and O–H groups in total. The van der Waals surface area contributed by atoms with Crippen LogP contribution in [0.25, 0.3) is 0 Å². The van der Waals surface area contributed by atoms with E-state index >= 15 is 0 Å². The molecule has 0 atom stereocenters. The molecule has 0 bridgehead atoms. The van der Waals surface area contributed by atoms with Crippen LogP contribution in [0.15, 0.2) is 24.3 Å². The van der Waals surface area contributed by atoms with Crippen molar-refractivity contribution in [3.63, 3.8) is 0 Å². The van der Waals surface area contributed by atoms with E-state index in [1.165, 1.54) is 16.2 Å². The van der Waals surface area contributed by atoms with E-state index < -0.39 is 0 Å². The van der Waals surface area contributed by atoms with Crippen LogP contribution in [0.3, 0.4) is 0 Å². The Morgan fingerprint density at radius 3 is 2.81 bits per heavy atom. The predicted molar refractivity (Wildman–Crippen MR) is 104 cm³/mol. The van der Waals surface area contributed by atoms with Crippen molar-refractivity contribution in [2.75, 3.05) is 18.5 Å². The van der Waals surface area contributed by atoms with Gasteiger partial charge in [-0.2, -0.15) is 0 Å². The van der Waals surface area contributed by atoms with E-state index in [-0.39, 0.29) is 18.4 Å². The number of benzene rings is 1. The number of rotatable bonds is 6. The highest BCUT2D eigenvalue weighted by atomic mass is 32.1. The molecule has 138 valence electrons. The van der Waals surface area contributed by atoms with Gasteiger partial charge < -0.3 is 15.4 Å². The second-order valence-corrected chi connectivity index (χ2v) is 7.53. The quantitative estimate of drug-likeness (QED) is 0.812. The molecule has 0 spiro atoms. The molecule has 0 unspecified atom stereocenters. The van der Waals surface area contributed by atoms with Crippen LogP contribution < -0.4 is 15.4 Å². The lowest BCUT2D eigenvalue weighted by molar-refractivity contribution is -0.118. The van der Waals surface area contributed by atoms with E-state index in [4.69, 9.17) is 4.74 Å². The lowest BCUT2D eigenvalue weighted by Crippen LogP contribution is -2.26. The third-order valence-electron chi connectivity index (χ3n) is 4.35. The summed E-state index contributed by atoms with van der Waals surface area (Å²) in [7, 11) is 0. The van der Waals surface area contributed by atoms with Gasteiger partial charge in [-0.3, -0.25) is 9.59 Å². The number of fused-ring (bicyclic) bond motifs is 1. The molecule has 1 aromatic heterocycles. The van der Waals surface area contributed by atoms with Gasteiger partial charge in [-0.1, -0.05) is 12.1 Å². The van der Waals surface area contributed by atoms with Gasteiger partial charge in [0.05, 0.1) is 5.56 Å². The number of hydrogen-bond acceptors (Lipinski definition) is 4. The van der Waals surface area contributed by atoms with Crippen LogP contribution in [0.4, 0.5) is 5.00 Å². The highest BCUT2D eigenvalue weighted by Gasteiger charge is 2.26. The normalized spacial score (nSPS) is 13.0. The zero-order valence-corrected chi connectivity index (χ0v) is 16.0. The molecule has 2 amide bonds. The number of amides is 2. The van der Waals surface area contributed by atoms with Crippen LogP contribution >= 0.6 is 11.3 Å². The van der Waals surface area contributed by atoms with Gasteiger partial charge in [0, 0.05) is 11.4 Å². The van der Waals surface area contributed by atoms with E-state index in [1.807, 2.05) is 38.1 Å². The van der Waals surface area contributed by atoms with Crippen molar-refractivity contribution < 1.29 is 14.3 Å². The minimum Gasteiger partial charge on any atom is -0.484 e. The van der Waals surface area contributed by atoms with E-state index in [9.17, 15) is 9.59 Å². The summed E-state index contributed by atoms with van der Waals surface area (Å²) >= 11 is 1.52. The Kier molecular flexibility index (Phi) is 5.93. The molecule has 2 aromatic rings. The smallest absolute Gasteiger partial charge is 0.262 e. The SMILES string of the molecule is CCNC(=O)c1c(NC(=O)COc2cccc(C)c2)sc2c1CCCC2. The third-order valence-corrected chi connectivity index (χ3v) is 5.56. The Bertz CT molecular complexity index is 813. The summed E-state index contributed by atoms with van der Waals surface area (Å²) in [6, 6.07) is 7.58. The lowest BCUT2D eigenvalue weighted by Gasteiger charge is -2.13. The molecule has 1 aliphatic rings. The molecule has 0 aliphatic heterocycles. The van der Waals surface area contributed by atoms with Crippen molar-refractivity contribution in [1.82, 2.24) is 5.32 Å². The Labute approximate surface area is 157 Å². The highest BCUT2D eigenvalue weighted by molar-refractivity contribution is 7.17. The molecule has 26 heavy (non-hydrogen) atoms. The van der Waals surface area contributed by atoms with Crippen LogP contribution in [0.2, 0.25) is 0 Å². The Morgan fingerprint density at radius 1 is 1.23 bits per heavy atom. The molecule has 0 saturated heterocycles. The zero-order valence-electron chi connectivity index (χ0n) is 15.2. The molecule has 5 nitrogen and oxygen atoms in total. The number of thiophene rings is 1. The van der Waals surface area contributed by atoms with Gasteiger partial charge >= 0.3 is 0 Å². The lowest BCUT2D eigenvalue weighted by atomic mass is 9.95. The van der Waals surface area contributed by atoms with Crippen molar-refractivity contribution in [3.8, 4) is 5.75 Å². The third kappa shape index (κ3) is 4.25. The first-order chi connectivity index (χ1) is 12.6. The van der Waals surface area contributed by atoms with E-state index in [1.54, 1.807) is 0 Å². The van der Waals surface area contributed by atoms with Crippen LogP contribution in [0, 0.1) is 6.92 Å². The summed E-state index contributed by atoms with van der Waals surface area (Å²) in [5.41, 5.74) is 2.81. The van der Waals surface area contributed by atoms with Crippen LogP contribution in [-0.4, -0.2) is 25.0 Å². The molecule has 0 radical (unpaired) electrons. The summed E-state index contributed by atoms with van der Waals surface area (Å²) in [5, 5.41) is 6.39. The molecule has 0 saturated carbocycles. The van der Waals surface area contributed by atoms with Gasteiger partial charge in [-0.15, -0.1) is 11.3 Å². The van der Waals surface area contributed by atoms with Crippen LogP contribution in [0.1, 0.15) is 46.1 Å². The maximum atomic E-state index is 12.5. The van der Waals surface area contributed by atoms with Gasteiger partial charge in [0.15, 0.2) is 6.61 Å². The van der Waals surface area contributed by atoms with E-state index in [0.29, 0.717) is 22.9 Å². The summed E-state index contributed by atoms with van der Waals surface area (Å²) in [4.78, 5) is 26.1. The molecule has 1 aliphatic carbocycles. The largest absolute Gasteiger partial charge is 0.484 e. The first kappa shape index (κ1) is 18.5. The second-order valence-electron chi connectivity index (χ2n) is 6.43. The summed E-state index contributed by atoms with van der Waals surface area (Å²) in [6.45, 7) is 4.35. The van der Waals surface area contributed by atoms with Crippen molar-refractivity contribution >= 4 is 28.2 Å². The number of aryl methyl sites for hydroxylation is 2. The van der Waals surface area contributed by atoms with Gasteiger partial charge in [0.1, 0.15) is 10.8 Å². The number of nitrogens with one attached hydrogen (secondary N) is 2. The minimum atomic E-state index is -0.254. The topological polar surface area (TPSA) is 67.4 Å². The first-order valence-corrected chi connectivity index (χ1v) is 9.82. The summed E-state index contributed by atoms with van der Waals surface area (Å²) in [6.07, 6.45) is 4.09. The van der Waals surface area contributed by atoms with E-state index in [2.05, 4.69) is 10.6 Å². The van der Waals surface area contributed by atoms with Crippen molar-refractivity contribution in [2.45, 2.75) is 39.5 Å². The molecular formula is C20H24N2O3S. The highest BCUT2D eigenvalue weighted by Crippen LogP contribution is 2.38. The summed E-state index contributed by atoms with van der Waals surface area (Å²) in [5.74, 6) is 0.298. The van der Waals surface area contributed by atoms with Crippen molar-refractivity contribution in [2.24, 2.45) is 0 Å². The molecule has 0 fully saturated rings. The zero-order chi connectivity index (χ0) is 18.5. The number of ether oxygens (including phenoxy) is 1. The number of anilines is 1. The van der Waals surface area contributed by atoms with Gasteiger partial charge in [0.25, 0.3) is 11.8 Å². The van der Waals surface area contributed by atoms with Crippen molar-refractivity contribution in [3.05, 3.63) is 45.8 Å². The number of carbonyl (C=O) groups is 2. The van der Waals surface area contributed by atoms with Crippen molar-refractivity contribution in [1.29, 1.82) is 0 Å². The fraction of sp³-hybridized carbons (Fsp3) is 0.400. The Balaban J connectivity index is 1.73.